The minimum atomic E-state index is -0.547. The number of rotatable bonds is 4. The summed E-state index contributed by atoms with van der Waals surface area (Å²) in [5, 5.41) is 13.0. The van der Waals surface area contributed by atoms with Gasteiger partial charge in [-0.25, -0.2) is 4.99 Å². The Morgan fingerprint density at radius 3 is 2.73 bits per heavy atom. The first-order valence-electron chi connectivity index (χ1n) is 9.20. The molecule has 4 rings (SSSR count). The van der Waals surface area contributed by atoms with Crippen molar-refractivity contribution < 1.29 is 9.53 Å². The lowest BCUT2D eigenvalue weighted by molar-refractivity contribution is -0.113. The van der Waals surface area contributed by atoms with Crippen LogP contribution >= 0.6 is 11.8 Å². The van der Waals surface area contributed by atoms with Gasteiger partial charge in [-0.05, 0) is 48.5 Å². The number of hydrogen-bond acceptors (Lipinski definition) is 7. The second kappa shape index (κ2) is 7.97. The van der Waals surface area contributed by atoms with Crippen LogP contribution in [0.25, 0.3) is 0 Å². The third-order valence-electron chi connectivity index (χ3n) is 4.86. The number of allylic oxidation sites excluding steroid dienone is 2. The first-order valence-corrected chi connectivity index (χ1v) is 10.0. The average Bonchev–Trinajstić information content (AvgIpc) is 3.08. The molecule has 150 valence electrons. The van der Waals surface area contributed by atoms with Crippen molar-refractivity contribution in [3.63, 3.8) is 0 Å². The number of amides is 1. The minimum absolute atomic E-state index is 0.280. The van der Waals surface area contributed by atoms with Gasteiger partial charge >= 0.3 is 0 Å². The summed E-state index contributed by atoms with van der Waals surface area (Å²) in [6.45, 7) is 1.79. The summed E-state index contributed by atoms with van der Waals surface area (Å²) in [5.74, 6) is 0.663. The molecule has 3 N–H and O–H groups in total. The van der Waals surface area contributed by atoms with E-state index in [1.165, 1.54) is 11.8 Å². The molecule has 0 aromatic heterocycles. The van der Waals surface area contributed by atoms with E-state index in [0.29, 0.717) is 32.8 Å². The summed E-state index contributed by atoms with van der Waals surface area (Å²) >= 11 is 1.20. The van der Waals surface area contributed by atoms with E-state index in [4.69, 9.17) is 10.5 Å². The van der Waals surface area contributed by atoms with E-state index in [-0.39, 0.29) is 11.7 Å². The van der Waals surface area contributed by atoms with E-state index in [1.54, 1.807) is 18.9 Å². The van der Waals surface area contributed by atoms with Crippen molar-refractivity contribution in [3.05, 3.63) is 82.2 Å². The van der Waals surface area contributed by atoms with Gasteiger partial charge in [-0.1, -0.05) is 30.3 Å². The first kappa shape index (κ1) is 19.6. The SMILES string of the molecule is COc1cccc([C@H]2C(C(=O)Nc3ccccc3)=C(C)N=C3SC(C#N)=C(N)N32)c1. The molecule has 0 spiro atoms. The zero-order valence-corrected chi connectivity index (χ0v) is 17.2. The number of nitrogens with one attached hydrogen (secondary N) is 1. The molecular formula is C22H19N5O2S. The Morgan fingerprint density at radius 2 is 2.03 bits per heavy atom. The van der Waals surface area contributed by atoms with Crippen LogP contribution < -0.4 is 15.8 Å². The number of methoxy groups -OCH3 is 1. The van der Waals surface area contributed by atoms with Crippen molar-refractivity contribution in [1.29, 1.82) is 5.26 Å². The lowest BCUT2D eigenvalue weighted by atomic mass is 9.93. The number of fused-ring (bicyclic) bond motifs is 1. The van der Waals surface area contributed by atoms with Crippen LogP contribution in [0.3, 0.4) is 0 Å². The third-order valence-corrected chi connectivity index (χ3v) is 5.84. The molecule has 2 aromatic carbocycles. The topological polar surface area (TPSA) is 104 Å². The van der Waals surface area contributed by atoms with Gasteiger partial charge in [-0.15, -0.1) is 0 Å². The summed E-state index contributed by atoms with van der Waals surface area (Å²) in [6.07, 6.45) is 0. The molecule has 2 aliphatic heterocycles. The van der Waals surface area contributed by atoms with Gasteiger partial charge < -0.3 is 15.8 Å². The van der Waals surface area contributed by atoms with Gasteiger partial charge in [0, 0.05) is 5.69 Å². The summed E-state index contributed by atoms with van der Waals surface area (Å²) in [5.41, 5.74) is 8.81. The molecule has 0 radical (unpaired) electrons. The van der Waals surface area contributed by atoms with E-state index in [9.17, 15) is 10.1 Å². The minimum Gasteiger partial charge on any atom is -0.497 e. The number of thioether (sulfide) groups is 1. The van der Waals surface area contributed by atoms with Crippen molar-refractivity contribution in [2.45, 2.75) is 13.0 Å². The monoisotopic (exact) mass is 417 g/mol. The number of hydrogen-bond donors (Lipinski definition) is 2. The summed E-state index contributed by atoms with van der Waals surface area (Å²) in [4.78, 5) is 20.0. The molecule has 1 amide bonds. The number of carbonyl (C=O) groups is 1. The third kappa shape index (κ3) is 3.40. The molecule has 7 nitrogen and oxygen atoms in total. The van der Waals surface area contributed by atoms with Gasteiger partial charge in [0.2, 0.25) is 0 Å². The summed E-state index contributed by atoms with van der Waals surface area (Å²) in [7, 11) is 1.59. The quantitative estimate of drug-likeness (QED) is 0.786. The molecule has 2 aromatic rings. The number of nitrogens with zero attached hydrogens (tertiary/aromatic N) is 3. The smallest absolute Gasteiger partial charge is 0.255 e. The average molecular weight is 417 g/mol. The highest BCUT2D eigenvalue weighted by Crippen LogP contribution is 2.45. The highest BCUT2D eigenvalue weighted by Gasteiger charge is 2.42. The lowest BCUT2D eigenvalue weighted by Gasteiger charge is -2.35. The zero-order valence-electron chi connectivity index (χ0n) is 16.4. The highest BCUT2D eigenvalue weighted by atomic mass is 32.2. The predicted octanol–water partition coefficient (Wildman–Crippen LogP) is 3.72. The molecule has 2 heterocycles. The van der Waals surface area contributed by atoms with Crippen LogP contribution in [0.4, 0.5) is 5.69 Å². The van der Waals surface area contributed by atoms with Crippen molar-refractivity contribution in [2.75, 3.05) is 12.4 Å². The summed E-state index contributed by atoms with van der Waals surface area (Å²) in [6, 6.07) is 18.2. The Labute approximate surface area is 178 Å². The number of ether oxygens (including phenoxy) is 1. The highest BCUT2D eigenvalue weighted by molar-refractivity contribution is 8.17. The number of benzene rings is 2. The van der Waals surface area contributed by atoms with E-state index in [1.807, 2.05) is 54.6 Å². The molecule has 1 atom stereocenters. The first-order chi connectivity index (χ1) is 14.5. The molecule has 2 aliphatic rings. The van der Waals surface area contributed by atoms with Crippen LogP contribution in [-0.4, -0.2) is 23.1 Å². The summed E-state index contributed by atoms with van der Waals surface area (Å²) < 4.78 is 5.38. The fraction of sp³-hybridized carbons (Fsp3) is 0.136. The van der Waals surface area contributed by atoms with Crippen LogP contribution in [0.5, 0.6) is 5.75 Å². The van der Waals surface area contributed by atoms with Gasteiger partial charge in [-0.3, -0.25) is 9.69 Å². The number of para-hydroxylation sites is 1. The molecule has 0 saturated carbocycles. The zero-order chi connectivity index (χ0) is 21.3. The number of amidine groups is 1. The number of nitrogens with two attached hydrogens (primary N) is 1. The number of nitriles is 1. The Bertz CT molecular complexity index is 1150. The van der Waals surface area contributed by atoms with E-state index in [2.05, 4.69) is 16.4 Å². The Balaban J connectivity index is 1.83. The molecular weight excluding hydrogens is 398 g/mol. The Morgan fingerprint density at radius 1 is 1.27 bits per heavy atom. The van der Waals surface area contributed by atoms with Gasteiger partial charge in [0.05, 0.1) is 24.4 Å². The fourth-order valence-electron chi connectivity index (χ4n) is 3.48. The van der Waals surface area contributed by atoms with Gasteiger partial charge in [0.25, 0.3) is 5.91 Å². The predicted molar refractivity (Wildman–Crippen MR) is 117 cm³/mol. The van der Waals surface area contributed by atoms with Crippen LogP contribution in [0, 0.1) is 11.3 Å². The van der Waals surface area contributed by atoms with Crippen LogP contribution in [0.15, 0.2) is 81.6 Å². The number of anilines is 1. The van der Waals surface area contributed by atoms with Crippen molar-refractivity contribution in [1.82, 2.24) is 4.90 Å². The van der Waals surface area contributed by atoms with Crippen molar-refractivity contribution in [2.24, 2.45) is 10.7 Å². The molecule has 0 aliphatic carbocycles. The maximum Gasteiger partial charge on any atom is 0.255 e. The second-order valence-electron chi connectivity index (χ2n) is 6.69. The molecule has 0 unspecified atom stereocenters. The maximum atomic E-state index is 13.3. The standard InChI is InChI=1S/C22H19N5O2S/c1-13-18(21(28)26-15-8-4-3-5-9-15)19(14-7-6-10-16(11-14)29-2)27-20(24)17(12-23)30-22(27)25-13/h3-11,19H,24H2,1-2H3,(H,26,28)/t19-/m0/s1. The molecule has 0 saturated heterocycles. The number of aliphatic imine (C=N–C) groups is 1. The second-order valence-corrected chi connectivity index (χ2v) is 7.67. The van der Waals surface area contributed by atoms with Gasteiger partial charge in [0.15, 0.2) is 5.17 Å². The van der Waals surface area contributed by atoms with Gasteiger partial charge in [0.1, 0.15) is 22.5 Å². The van der Waals surface area contributed by atoms with Crippen LogP contribution in [0.1, 0.15) is 18.5 Å². The Hall–Kier alpha value is -3.70. The molecule has 0 bridgehead atoms. The van der Waals surface area contributed by atoms with E-state index < -0.39 is 6.04 Å². The van der Waals surface area contributed by atoms with Crippen LogP contribution in [-0.2, 0) is 4.79 Å². The normalized spacial score (nSPS) is 18.0. The lowest BCUT2D eigenvalue weighted by Crippen LogP contribution is -2.39. The molecule has 0 fully saturated rings. The number of carbonyl (C=O) groups excluding carboxylic acids is 1. The van der Waals surface area contributed by atoms with Gasteiger partial charge in [-0.2, -0.15) is 5.26 Å². The van der Waals surface area contributed by atoms with Crippen molar-refractivity contribution in [3.8, 4) is 11.8 Å². The maximum absolute atomic E-state index is 13.3. The molecule has 30 heavy (non-hydrogen) atoms. The van der Waals surface area contributed by atoms with Crippen LogP contribution in [0.2, 0.25) is 0 Å². The van der Waals surface area contributed by atoms with E-state index in [0.717, 1.165) is 5.56 Å². The molecule has 8 heteroatoms. The fourth-order valence-corrected chi connectivity index (χ4v) is 4.39. The Kier molecular flexibility index (Phi) is 5.21. The largest absolute Gasteiger partial charge is 0.497 e. The van der Waals surface area contributed by atoms with Crippen molar-refractivity contribution >= 4 is 28.5 Å². The van der Waals surface area contributed by atoms with E-state index >= 15 is 0 Å².